The second-order valence-corrected chi connectivity index (χ2v) is 5.12. The van der Waals surface area contributed by atoms with Gasteiger partial charge in [-0.05, 0) is 51.5 Å². The number of benzene rings is 1. The Morgan fingerprint density at radius 1 is 1.33 bits per heavy atom. The average Bonchev–Trinajstić information content (AvgIpc) is 2.25. The normalized spacial score (nSPS) is 10.9. The van der Waals surface area contributed by atoms with Crippen LogP contribution in [0.25, 0.3) is 0 Å². The second kappa shape index (κ2) is 5.76. The van der Waals surface area contributed by atoms with Gasteiger partial charge in [-0.2, -0.15) is 0 Å². The molecule has 0 aliphatic carbocycles. The Labute approximate surface area is 108 Å². The Bertz CT molecular complexity index is 422. The Balaban J connectivity index is 2.56. The van der Waals surface area contributed by atoms with Gasteiger partial charge < -0.3 is 14.8 Å². The van der Waals surface area contributed by atoms with Crippen LogP contribution in [0.4, 0.5) is 5.69 Å². The summed E-state index contributed by atoms with van der Waals surface area (Å²) in [6.45, 7) is 7.67. The molecule has 1 aromatic rings. The molecule has 1 aromatic carbocycles. The molecule has 0 heterocycles. The van der Waals surface area contributed by atoms with Gasteiger partial charge in [-0.15, -0.1) is 0 Å². The molecule has 18 heavy (non-hydrogen) atoms. The van der Waals surface area contributed by atoms with Gasteiger partial charge in [0.1, 0.15) is 17.9 Å². The summed E-state index contributed by atoms with van der Waals surface area (Å²) in [7, 11) is 1.63. The van der Waals surface area contributed by atoms with E-state index in [9.17, 15) is 4.79 Å². The summed E-state index contributed by atoms with van der Waals surface area (Å²) in [4.78, 5) is 11.6. The zero-order chi connectivity index (χ0) is 13.8. The highest BCUT2D eigenvalue weighted by molar-refractivity contribution is 5.75. The van der Waals surface area contributed by atoms with Crippen molar-refractivity contribution < 1.29 is 14.3 Å². The van der Waals surface area contributed by atoms with E-state index in [1.54, 1.807) is 7.11 Å². The minimum Gasteiger partial charge on any atom is -0.497 e. The number of esters is 1. The summed E-state index contributed by atoms with van der Waals surface area (Å²) < 4.78 is 10.3. The molecule has 0 saturated heterocycles. The molecule has 100 valence electrons. The number of hydrogen-bond donors (Lipinski definition) is 1. The minimum absolute atomic E-state index is 0.157. The van der Waals surface area contributed by atoms with Crippen molar-refractivity contribution in [2.75, 3.05) is 19.0 Å². The fourth-order valence-corrected chi connectivity index (χ4v) is 1.51. The Morgan fingerprint density at radius 2 is 2.00 bits per heavy atom. The van der Waals surface area contributed by atoms with Crippen LogP contribution in [0.1, 0.15) is 26.3 Å². The zero-order valence-electron chi connectivity index (χ0n) is 11.7. The van der Waals surface area contributed by atoms with Crippen LogP contribution >= 0.6 is 0 Å². The van der Waals surface area contributed by atoms with E-state index < -0.39 is 5.60 Å². The van der Waals surface area contributed by atoms with Gasteiger partial charge in [-0.1, -0.05) is 0 Å². The van der Waals surface area contributed by atoms with Gasteiger partial charge >= 0.3 is 5.97 Å². The number of carbonyl (C=O) groups excluding carboxylic acids is 1. The highest BCUT2D eigenvalue weighted by atomic mass is 16.6. The number of ether oxygens (including phenoxy) is 2. The van der Waals surface area contributed by atoms with Gasteiger partial charge in [-0.3, -0.25) is 4.79 Å². The molecule has 1 rings (SSSR count). The van der Waals surface area contributed by atoms with Crippen LogP contribution < -0.4 is 10.1 Å². The third-order valence-electron chi connectivity index (χ3n) is 2.28. The van der Waals surface area contributed by atoms with Crippen molar-refractivity contribution in [2.24, 2.45) is 0 Å². The summed E-state index contributed by atoms with van der Waals surface area (Å²) in [5.74, 6) is 0.535. The lowest BCUT2D eigenvalue weighted by molar-refractivity contribution is -0.152. The zero-order valence-corrected chi connectivity index (χ0v) is 11.7. The average molecular weight is 251 g/mol. The molecule has 1 N–H and O–H groups in total. The second-order valence-electron chi connectivity index (χ2n) is 5.12. The number of anilines is 1. The van der Waals surface area contributed by atoms with Crippen molar-refractivity contribution in [3.63, 3.8) is 0 Å². The molecular formula is C14H21NO3. The minimum atomic E-state index is -0.451. The number of aryl methyl sites for hydroxylation is 1. The molecule has 0 fully saturated rings. The smallest absolute Gasteiger partial charge is 0.325 e. The predicted octanol–water partition coefficient (Wildman–Crippen LogP) is 2.76. The lowest BCUT2D eigenvalue weighted by Crippen LogP contribution is -2.28. The van der Waals surface area contributed by atoms with E-state index in [4.69, 9.17) is 9.47 Å². The summed E-state index contributed by atoms with van der Waals surface area (Å²) in [5, 5.41) is 3.06. The topological polar surface area (TPSA) is 47.6 Å². The van der Waals surface area contributed by atoms with Crippen LogP contribution in [0, 0.1) is 6.92 Å². The molecule has 4 heteroatoms. The van der Waals surface area contributed by atoms with Crippen molar-refractivity contribution >= 4 is 11.7 Å². The third kappa shape index (κ3) is 4.65. The van der Waals surface area contributed by atoms with Crippen molar-refractivity contribution in [1.29, 1.82) is 0 Å². The molecule has 0 aliphatic rings. The summed E-state index contributed by atoms with van der Waals surface area (Å²) in [6, 6.07) is 5.65. The fraction of sp³-hybridized carbons (Fsp3) is 0.500. The van der Waals surface area contributed by atoms with Crippen molar-refractivity contribution in [3.05, 3.63) is 23.8 Å². The summed E-state index contributed by atoms with van der Waals surface area (Å²) in [6.07, 6.45) is 0. The highest BCUT2D eigenvalue weighted by Crippen LogP contribution is 2.20. The van der Waals surface area contributed by atoms with Crippen LogP contribution in [-0.4, -0.2) is 25.2 Å². The molecule has 0 amide bonds. The molecule has 0 saturated carbocycles. The lowest BCUT2D eigenvalue weighted by Gasteiger charge is -2.20. The van der Waals surface area contributed by atoms with Gasteiger partial charge in [0, 0.05) is 5.69 Å². The molecule has 0 unspecified atom stereocenters. The van der Waals surface area contributed by atoms with Crippen LogP contribution in [0.3, 0.4) is 0 Å². The molecule has 4 nitrogen and oxygen atoms in total. The fourth-order valence-electron chi connectivity index (χ4n) is 1.51. The molecule has 0 bridgehead atoms. The van der Waals surface area contributed by atoms with Crippen molar-refractivity contribution in [1.82, 2.24) is 0 Å². The summed E-state index contributed by atoms with van der Waals surface area (Å²) >= 11 is 0. The van der Waals surface area contributed by atoms with Gasteiger partial charge in [0.15, 0.2) is 0 Å². The first kappa shape index (κ1) is 14.4. The van der Waals surface area contributed by atoms with E-state index in [1.807, 2.05) is 45.9 Å². The van der Waals surface area contributed by atoms with Gasteiger partial charge in [-0.25, -0.2) is 0 Å². The number of carbonyl (C=O) groups is 1. The SMILES string of the molecule is COc1ccc(NCC(=O)OC(C)(C)C)c(C)c1. The van der Waals surface area contributed by atoms with Crippen molar-refractivity contribution in [2.45, 2.75) is 33.3 Å². The van der Waals surface area contributed by atoms with Crippen LogP contribution in [0.5, 0.6) is 5.75 Å². The van der Waals surface area contributed by atoms with E-state index in [0.29, 0.717) is 0 Å². The quantitative estimate of drug-likeness (QED) is 0.836. The maximum atomic E-state index is 11.6. The monoisotopic (exact) mass is 251 g/mol. The molecule has 0 aliphatic heterocycles. The maximum Gasteiger partial charge on any atom is 0.325 e. The van der Waals surface area contributed by atoms with E-state index >= 15 is 0 Å². The number of rotatable bonds is 4. The predicted molar refractivity (Wildman–Crippen MR) is 72.1 cm³/mol. The highest BCUT2D eigenvalue weighted by Gasteiger charge is 2.15. The first-order valence-corrected chi connectivity index (χ1v) is 5.92. The molecule has 0 spiro atoms. The van der Waals surface area contributed by atoms with E-state index in [1.165, 1.54) is 0 Å². The first-order valence-electron chi connectivity index (χ1n) is 5.92. The molecular weight excluding hydrogens is 230 g/mol. The summed E-state index contributed by atoms with van der Waals surface area (Å²) in [5.41, 5.74) is 1.48. The first-order chi connectivity index (χ1) is 8.31. The van der Waals surface area contributed by atoms with Gasteiger partial charge in [0.2, 0.25) is 0 Å². The number of methoxy groups -OCH3 is 1. The number of nitrogens with one attached hydrogen (secondary N) is 1. The molecule has 0 radical (unpaired) electrons. The standard InChI is InChI=1S/C14H21NO3/c1-10-8-11(17-5)6-7-12(10)15-9-13(16)18-14(2,3)4/h6-8,15H,9H2,1-5H3. The van der Waals surface area contributed by atoms with Crippen LogP contribution in [0.15, 0.2) is 18.2 Å². The van der Waals surface area contributed by atoms with E-state index in [-0.39, 0.29) is 12.5 Å². The van der Waals surface area contributed by atoms with Crippen LogP contribution in [-0.2, 0) is 9.53 Å². The van der Waals surface area contributed by atoms with Gasteiger partial charge in [0.05, 0.1) is 7.11 Å². The molecule has 0 aromatic heterocycles. The largest absolute Gasteiger partial charge is 0.497 e. The molecule has 0 atom stereocenters. The van der Waals surface area contributed by atoms with Crippen molar-refractivity contribution in [3.8, 4) is 5.75 Å². The lowest BCUT2D eigenvalue weighted by atomic mass is 10.2. The Kier molecular flexibility index (Phi) is 4.59. The third-order valence-corrected chi connectivity index (χ3v) is 2.28. The Morgan fingerprint density at radius 3 is 2.50 bits per heavy atom. The maximum absolute atomic E-state index is 11.6. The van der Waals surface area contributed by atoms with Crippen LogP contribution in [0.2, 0.25) is 0 Å². The van der Waals surface area contributed by atoms with Gasteiger partial charge in [0.25, 0.3) is 0 Å². The van der Waals surface area contributed by atoms with E-state index in [2.05, 4.69) is 5.32 Å². The Hall–Kier alpha value is -1.71. The number of hydrogen-bond acceptors (Lipinski definition) is 4. The van der Waals surface area contributed by atoms with E-state index in [0.717, 1.165) is 17.0 Å².